The van der Waals surface area contributed by atoms with Gasteiger partial charge in [-0.25, -0.2) is 0 Å². The van der Waals surface area contributed by atoms with Crippen LogP contribution in [0.4, 0.5) is 0 Å². The summed E-state index contributed by atoms with van der Waals surface area (Å²) in [6.07, 6.45) is -0.164. The van der Waals surface area contributed by atoms with Crippen molar-refractivity contribution in [1.82, 2.24) is 5.32 Å². The second-order valence-corrected chi connectivity index (χ2v) is 4.60. The Labute approximate surface area is 122 Å². The van der Waals surface area contributed by atoms with Crippen molar-refractivity contribution in [3.63, 3.8) is 0 Å². The van der Waals surface area contributed by atoms with E-state index in [-0.39, 0.29) is 18.7 Å². The molecule has 0 atom stereocenters. The Morgan fingerprint density at radius 1 is 1.05 bits per heavy atom. The SMILES string of the molecule is O=C(O)CCC(=O)NCCOc1ccc2ccccc2c1. The van der Waals surface area contributed by atoms with Crippen molar-refractivity contribution < 1.29 is 19.4 Å². The molecule has 0 saturated carbocycles. The fourth-order valence-corrected chi connectivity index (χ4v) is 1.93. The molecule has 0 unspecified atom stereocenters. The first-order valence-corrected chi connectivity index (χ1v) is 6.75. The van der Waals surface area contributed by atoms with Gasteiger partial charge in [0.05, 0.1) is 13.0 Å². The number of aliphatic carboxylic acids is 1. The molecule has 0 aromatic heterocycles. The zero-order valence-electron chi connectivity index (χ0n) is 11.5. The van der Waals surface area contributed by atoms with Crippen molar-refractivity contribution in [2.75, 3.05) is 13.2 Å². The molecule has 5 nitrogen and oxygen atoms in total. The van der Waals surface area contributed by atoms with Crippen LogP contribution < -0.4 is 10.1 Å². The number of hydrogen-bond donors (Lipinski definition) is 2. The molecule has 110 valence electrons. The third kappa shape index (κ3) is 4.80. The molecule has 0 spiro atoms. The van der Waals surface area contributed by atoms with Crippen molar-refractivity contribution in [2.24, 2.45) is 0 Å². The molecule has 21 heavy (non-hydrogen) atoms. The van der Waals surface area contributed by atoms with Crippen LogP contribution in [0.2, 0.25) is 0 Å². The quantitative estimate of drug-likeness (QED) is 0.765. The summed E-state index contributed by atoms with van der Waals surface area (Å²) in [4.78, 5) is 21.6. The Bertz CT molecular complexity index is 639. The Morgan fingerprint density at radius 2 is 1.81 bits per heavy atom. The number of carbonyl (C=O) groups excluding carboxylic acids is 1. The van der Waals surface area contributed by atoms with Crippen LogP contribution >= 0.6 is 0 Å². The highest BCUT2D eigenvalue weighted by molar-refractivity contribution is 5.83. The highest BCUT2D eigenvalue weighted by atomic mass is 16.5. The Balaban J connectivity index is 1.75. The average molecular weight is 287 g/mol. The summed E-state index contributed by atoms with van der Waals surface area (Å²) in [6.45, 7) is 0.697. The molecule has 0 heterocycles. The molecule has 0 bridgehead atoms. The van der Waals surface area contributed by atoms with Gasteiger partial charge in [0, 0.05) is 6.42 Å². The summed E-state index contributed by atoms with van der Waals surface area (Å²) in [6, 6.07) is 13.8. The van der Waals surface area contributed by atoms with E-state index in [9.17, 15) is 9.59 Å². The number of hydrogen-bond acceptors (Lipinski definition) is 3. The average Bonchev–Trinajstić information content (AvgIpc) is 2.49. The number of nitrogens with one attached hydrogen (secondary N) is 1. The maximum absolute atomic E-state index is 11.3. The second kappa shape index (κ2) is 7.28. The summed E-state index contributed by atoms with van der Waals surface area (Å²) in [5.41, 5.74) is 0. The van der Waals surface area contributed by atoms with Crippen LogP contribution in [0.15, 0.2) is 42.5 Å². The molecule has 2 rings (SSSR count). The Hall–Kier alpha value is -2.56. The first kappa shape index (κ1) is 14.8. The zero-order chi connectivity index (χ0) is 15.1. The number of ether oxygens (including phenoxy) is 1. The van der Waals surface area contributed by atoms with E-state index in [2.05, 4.69) is 5.32 Å². The van der Waals surface area contributed by atoms with Gasteiger partial charge in [-0.05, 0) is 22.9 Å². The van der Waals surface area contributed by atoms with Gasteiger partial charge in [-0.15, -0.1) is 0 Å². The van der Waals surface area contributed by atoms with E-state index in [1.807, 2.05) is 42.5 Å². The van der Waals surface area contributed by atoms with Crippen molar-refractivity contribution in [3.8, 4) is 5.75 Å². The molecule has 5 heteroatoms. The molecule has 2 N–H and O–H groups in total. The van der Waals surface area contributed by atoms with Gasteiger partial charge in [-0.3, -0.25) is 9.59 Å². The normalized spacial score (nSPS) is 10.3. The molecule has 2 aromatic rings. The number of rotatable bonds is 7. The lowest BCUT2D eigenvalue weighted by molar-refractivity contribution is -0.138. The Kier molecular flexibility index (Phi) is 5.15. The Morgan fingerprint density at radius 3 is 2.57 bits per heavy atom. The van der Waals surface area contributed by atoms with E-state index >= 15 is 0 Å². The molecule has 2 aromatic carbocycles. The third-order valence-electron chi connectivity index (χ3n) is 2.98. The second-order valence-electron chi connectivity index (χ2n) is 4.60. The molecule has 0 aliphatic heterocycles. The van der Waals surface area contributed by atoms with Crippen LogP contribution in [-0.2, 0) is 9.59 Å². The smallest absolute Gasteiger partial charge is 0.303 e. The summed E-state index contributed by atoms with van der Waals surface area (Å²) in [5.74, 6) is -0.509. The van der Waals surface area contributed by atoms with Gasteiger partial charge in [0.25, 0.3) is 0 Å². The molecular weight excluding hydrogens is 270 g/mol. The minimum Gasteiger partial charge on any atom is -0.492 e. The summed E-state index contributed by atoms with van der Waals surface area (Å²) < 4.78 is 5.56. The first-order valence-electron chi connectivity index (χ1n) is 6.75. The van der Waals surface area contributed by atoms with Crippen molar-refractivity contribution >= 4 is 22.6 Å². The van der Waals surface area contributed by atoms with Gasteiger partial charge in [-0.1, -0.05) is 30.3 Å². The molecule has 1 amide bonds. The summed E-state index contributed by atoms with van der Waals surface area (Å²) in [5, 5.41) is 13.3. The molecule has 0 saturated heterocycles. The highest BCUT2D eigenvalue weighted by Gasteiger charge is 2.04. The fourth-order valence-electron chi connectivity index (χ4n) is 1.93. The number of carboxylic acid groups (broad SMARTS) is 1. The lowest BCUT2D eigenvalue weighted by Gasteiger charge is -2.08. The molecule has 0 radical (unpaired) electrons. The molecule has 0 aliphatic carbocycles. The van der Waals surface area contributed by atoms with E-state index in [4.69, 9.17) is 9.84 Å². The fraction of sp³-hybridized carbons (Fsp3) is 0.250. The van der Waals surface area contributed by atoms with Gasteiger partial charge in [-0.2, -0.15) is 0 Å². The largest absolute Gasteiger partial charge is 0.492 e. The van der Waals surface area contributed by atoms with Gasteiger partial charge < -0.3 is 15.2 Å². The van der Waals surface area contributed by atoms with Crippen LogP contribution in [0.1, 0.15) is 12.8 Å². The van der Waals surface area contributed by atoms with Crippen molar-refractivity contribution in [2.45, 2.75) is 12.8 Å². The van der Waals surface area contributed by atoms with E-state index in [0.717, 1.165) is 16.5 Å². The van der Waals surface area contributed by atoms with Gasteiger partial charge >= 0.3 is 5.97 Å². The lowest BCUT2D eigenvalue weighted by atomic mass is 10.1. The zero-order valence-corrected chi connectivity index (χ0v) is 11.5. The van der Waals surface area contributed by atoms with Gasteiger partial charge in [0.15, 0.2) is 0 Å². The summed E-state index contributed by atoms with van der Waals surface area (Å²) >= 11 is 0. The number of amides is 1. The maximum Gasteiger partial charge on any atom is 0.303 e. The third-order valence-corrected chi connectivity index (χ3v) is 2.98. The van der Waals surface area contributed by atoms with Crippen LogP contribution in [0.3, 0.4) is 0 Å². The lowest BCUT2D eigenvalue weighted by Crippen LogP contribution is -2.28. The van der Waals surface area contributed by atoms with Crippen molar-refractivity contribution in [1.29, 1.82) is 0 Å². The van der Waals surface area contributed by atoms with Crippen LogP contribution in [0, 0.1) is 0 Å². The van der Waals surface area contributed by atoms with Gasteiger partial charge in [0.1, 0.15) is 12.4 Å². The minimum absolute atomic E-state index is 0.00862. The maximum atomic E-state index is 11.3. The monoisotopic (exact) mass is 287 g/mol. The number of benzene rings is 2. The molecule has 0 fully saturated rings. The first-order chi connectivity index (χ1) is 10.1. The molecule has 0 aliphatic rings. The van der Waals surface area contributed by atoms with E-state index in [1.165, 1.54) is 0 Å². The van der Waals surface area contributed by atoms with E-state index in [0.29, 0.717) is 13.2 Å². The predicted octanol–water partition coefficient (Wildman–Crippen LogP) is 2.20. The van der Waals surface area contributed by atoms with Crippen LogP contribution in [0.5, 0.6) is 5.75 Å². The standard InChI is InChI=1S/C16H17NO4/c18-15(7-8-16(19)20)17-9-10-21-14-6-5-12-3-1-2-4-13(12)11-14/h1-6,11H,7-10H2,(H,17,18)(H,19,20). The minimum atomic E-state index is -0.974. The summed E-state index contributed by atoms with van der Waals surface area (Å²) in [7, 11) is 0. The van der Waals surface area contributed by atoms with Crippen LogP contribution in [-0.4, -0.2) is 30.1 Å². The number of carboxylic acids is 1. The number of fused-ring (bicyclic) bond motifs is 1. The van der Waals surface area contributed by atoms with E-state index in [1.54, 1.807) is 0 Å². The highest BCUT2D eigenvalue weighted by Crippen LogP contribution is 2.20. The van der Waals surface area contributed by atoms with Crippen LogP contribution in [0.25, 0.3) is 10.8 Å². The van der Waals surface area contributed by atoms with Crippen molar-refractivity contribution in [3.05, 3.63) is 42.5 Å². The van der Waals surface area contributed by atoms with E-state index < -0.39 is 5.97 Å². The topological polar surface area (TPSA) is 75.6 Å². The number of carbonyl (C=O) groups is 2. The molecular formula is C16H17NO4. The predicted molar refractivity (Wildman–Crippen MR) is 79.3 cm³/mol. The van der Waals surface area contributed by atoms with Gasteiger partial charge in [0.2, 0.25) is 5.91 Å².